The van der Waals surface area contributed by atoms with Crippen molar-refractivity contribution in [1.82, 2.24) is 10.2 Å². The Hall–Kier alpha value is -2.82. The van der Waals surface area contributed by atoms with Crippen LogP contribution in [-0.2, 0) is 13.1 Å². The number of benzene rings is 2. The Morgan fingerprint density at radius 2 is 1.64 bits per heavy atom. The van der Waals surface area contributed by atoms with Gasteiger partial charge in [-0.3, -0.25) is 4.79 Å². The molecule has 3 amide bonds. The standard InChI is InChI=1S/C20H23N3O2/c1-3-14(2)21-19(24)15-8-10-18(11-9-15)22-20(25)23-12-16-6-4-5-7-17(16)13-23/h4-11,14H,3,12-13H2,1-2H3,(H,21,24)(H,22,25)/t14-/m1/s1. The molecule has 5 heteroatoms. The minimum Gasteiger partial charge on any atom is -0.350 e. The van der Waals surface area contributed by atoms with Crippen molar-refractivity contribution in [3.63, 3.8) is 0 Å². The predicted octanol–water partition coefficient (Wildman–Crippen LogP) is 3.76. The first-order valence-corrected chi connectivity index (χ1v) is 8.60. The molecule has 2 aromatic rings. The van der Waals surface area contributed by atoms with E-state index in [-0.39, 0.29) is 18.0 Å². The van der Waals surface area contributed by atoms with Crippen molar-refractivity contribution in [1.29, 1.82) is 0 Å². The van der Waals surface area contributed by atoms with Crippen molar-refractivity contribution in [2.45, 2.75) is 39.4 Å². The molecule has 1 atom stereocenters. The first-order chi connectivity index (χ1) is 12.1. The molecular formula is C20H23N3O2. The second-order valence-corrected chi connectivity index (χ2v) is 6.42. The van der Waals surface area contributed by atoms with Crippen LogP contribution in [0.25, 0.3) is 0 Å². The minimum atomic E-state index is -0.131. The fourth-order valence-corrected chi connectivity index (χ4v) is 2.79. The molecular weight excluding hydrogens is 314 g/mol. The largest absolute Gasteiger partial charge is 0.350 e. The van der Waals surface area contributed by atoms with Gasteiger partial charge in [0.2, 0.25) is 0 Å². The van der Waals surface area contributed by atoms with E-state index in [9.17, 15) is 9.59 Å². The van der Waals surface area contributed by atoms with Crippen molar-refractivity contribution in [3.8, 4) is 0 Å². The van der Waals surface area contributed by atoms with Gasteiger partial charge in [-0.2, -0.15) is 0 Å². The summed E-state index contributed by atoms with van der Waals surface area (Å²) in [7, 11) is 0. The van der Waals surface area contributed by atoms with Crippen LogP contribution < -0.4 is 10.6 Å². The Morgan fingerprint density at radius 1 is 1.04 bits per heavy atom. The normalized spacial score (nSPS) is 13.9. The van der Waals surface area contributed by atoms with Gasteiger partial charge in [0.05, 0.1) is 0 Å². The summed E-state index contributed by atoms with van der Waals surface area (Å²) in [4.78, 5) is 26.3. The number of hydrogen-bond acceptors (Lipinski definition) is 2. The molecule has 0 aromatic heterocycles. The summed E-state index contributed by atoms with van der Waals surface area (Å²) < 4.78 is 0. The van der Waals surface area contributed by atoms with Crippen LogP contribution in [0.5, 0.6) is 0 Å². The molecule has 5 nitrogen and oxygen atoms in total. The zero-order valence-corrected chi connectivity index (χ0v) is 14.6. The predicted molar refractivity (Wildman–Crippen MR) is 98.4 cm³/mol. The number of nitrogens with one attached hydrogen (secondary N) is 2. The Bertz CT molecular complexity index is 746. The van der Waals surface area contributed by atoms with E-state index in [1.807, 2.05) is 38.1 Å². The van der Waals surface area contributed by atoms with Gasteiger partial charge in [0.1, 0.15) is 0 Å². The highest BCUT2D eigenvalue weighted by Crippen LogP contribution is 2.23. The number of carbonyl (C=O) groups excluding carboxylic acids is 2. The molecule has 0 saturated heterocycles. The van der Waals surface area contributed by atoms with E-state index in [4.69, 9.17) is 0 Å². The zero-order chi connectivity index (χ0) is 17.8. The van der Waals surface area contributed by atoms with E-state index in [0.717, 1.165) is 6.42 Å². The second-order valence-electron chi connectivity index (χ2n) is 6.42. The average Bonchev–Trinajstić information content (AvgIpc) is 3.06. The summed E-state index contributed by atoms with van der Waals surface area (Å²) in [6, 6.07) is 15.1. The smallest absolute Gasteiger partial charge is 0.322 e. The summed E-state index contributed by atoms with van der Waals surface area (Å²) in [5.74, 6) is -0.0952. The van der Waals surface area contributed by atoms with Gasteiger partial charge in [-0.15, -0.1) is 0 Å². The summed E-state index contributed by atoms with van der Waals surface area (Å²) in [5, 5.41) is 5.82. The Morgan fingerprint density at radius 3 is 2.20 bits per heavy atom. The minimum absolute atomic E-state index is 0.0952. The monoisotopic (exact) mass is 337 g/mol. The van der Waals surface area contributed by atoms with Crippen molar-refractivity contribution in [2.24, 2.45) is 0 Å². The van der Waals surface area contributed by atoms with E-state index in [2.05, 4.69) is 10.6 Å². The van der Waals surface area contributed by atoms with Gasteiger partial charge < -0.3 is 15.5 Å². The summed E-state index contributed by atoms with van der Waals surface area (Å²) in [6.07, 6.45) is 0.887. The molecule has 130 valence electrons. The van der Waals surface area contributed by atoms with E-state index < -0.39 is 0 Å². The lowest BCUT2D eigenvalue weighted by Gasteiger charge is -2.16. The second kappa shape index (κ2) is 7.38. The van der Waals surface area contributed by atoms with E-state index in [0.29, 0.717) is 24.3 Å². The lowest BCUT2D eigenvalue weighted by molar-refractivity contribution is 0.0939. The SMILES string of the molecule is CC[C@@H](C)NC(=O)c1ccc(NC(=O)N2Cc3ccccc3C2)cc1. The third-order valence-corrected chi connectivity index (χ3v) is 4.52. The molecule has 1 heterocycles. The van der Waals surface area contributed by atoms with Gasteiger partial charge in [-0.25, -0.2) is 4.79 Å². The highest BCUT2D eigenvalue weighted by atomic mass is 16.2. The summed E-state index contributed by atoms with van der Waals surface area (Å²) in [6.45, 7) is 5.25. The lowest BCUT2D eigenvalue weighted by atomic mass is 10.1. The molecule has 0 unspecified atom stereocenters. The molecule has 1 aliphatic heterocycles. The molecule has 3 rings (SSSR count). The van der Waals surface area contributed by atoms with Crippen molar-refractivity contribution < 1.29 is 9.59 Å². The molecule has 1 aliphatic rings. The Kier molecular flexibility index (Phi) is 5.03. The van der Waals surface area contributed by atoms with Gasteiger partial charge >= 0.3 is 6.03 Å². The van der Waals surface area contributed by atoms with E-state index in [1.165, 1.54) is 11.1 Å². The molecule has 0 saturated carbocycles. The van der Waals surface area contributed by atoms with Gasteiger partial charge in [0.15, 0.2) is 0 Å². The zero-order valence-electron chi connectivity index (χ0n) is 14.6. The topological polar surface area (TPSA) is 61.4 Å². The van der Waals surface area contributed by atoms with Crippen molar-refractivity contribution >= 4 is 17.6 Å². The van der Waals surface area contributed by atoms with Gasteiger partial charge in [-0.05, 0) is 48.7 Å². The Balaban J connectivity index is 1.59. The maximum atomic E-state index is 12.4. The van der Waals surface area contributed by atoms with Crippen LogP contribution in [0, 0.1) is 0 Å². The number of nitrogens with zero attached hydrogens (tertiary/aromatic N) is 1. The third-order valence-electron chi connectivity index (χ3n) is 4.52. The lowest BCUT2D eigenvalue weighted by Crippen LogP contribution is -2.32. The van der Waals surface area contributed by atoms with Crippen LogP contribution in [0.4, 0.5) is 10.5 Å². The van der Waals surface area contributed by atoms with Crippen LogP contribution in [0.3, 0.4) is 0 Å². The highest BCUT2D eigenvalue weighted by molar-refractivity contribution is 5.95. The number of fused-ring (bicyclic) bond motifs is 1. The van der Waals surface area contributed by atoms with Gasteiger partial charge in [0, 0.05) is 30.4 Å². The molecule has 2 N–H and O–H groups in total. The number of anilines is 1. The van der Waals surface area contributed by atoms with Gasteiger partial charge in [-0.1, -0.05) is 31.2 Å². The number of urea groups is 1. The number of hydrogen-bond donors (Lipinski definition) is 2. The number of rotatable bonds is 4. The molecule has 0 fully saturated rings. The van der Waals surface area contributed by atoms with Crippen LogP contribution in [0.15, 0.2) is 48.5 Å². The van der Waals surface area contributed by atoms with Crippen molar-refractivity contribution in [3.05, 3.63) is 65.2 Å². The van der Waals surface area contributed by atoms with E-state index >= 15 is 0 Å². The highest BCUT2D eigenvalue weighted by Gasteiger charge is 2.22. The van der Waals surface area contributed by atoms with Crippen LogP contribution in [0.2, 0.25) is 0 Å². The van der Waals surface area contributed by atoms with Crippen LogP contribution >= 0.6 is 0 Å². The molecule has 0 aliphatic carbocycles. The molecule has 25 heavy (non-hydrogen) atoms. The third kappa shape index (κ3) is 3.99. The van der Waals surface area contributed by atoms with Crippen molar-refractivity contribution in [2.75, 3.05) is 5.32 Å². The number of carbonyl (C=O) groups is 2. The molecule has 0 radical (unpaired) electrons. The fourth-order valence-electron chi connectivity index (χ4n) is 2.79. The maximum absolute atomic E-state index is 12.4. The van der Waals surface area contributed by atoms with Gasteiger partial charge in [0.25, 0.3) is 5.91 Å². The fraction of sp³-hybridized carbons (Fsp3) is 0.300. The average molecular weight is 337 g/mol. The first-order valence-electron chi connectivity index (χ1n) is 8.60. The van der Waals surface area contributed by atoms with Crippen LogP contribution in [0.1, 0.15) is 41.8 Å². The molecule has 0 spiro atoms. The summed E-state index contributed by atoms with van der Waals surface area (Å²) >= 11 is 0. The van der Waals surface area contributed by atoms with Crippen LogP contribution in [-0.4, -0.2) is 22.9 Å². The molecule has 0 bridgehead atoms. The molecule has 2 aromatic carbocycles. The maximum Gasteiger partial charge on any atom is 0.322 e. The summed E-state index contributed by atoms with van der Waals surface area (Å²) in [5.41, 5.74) is 3.65. The van der Waals surface area contributed by atoms with E-state index in [1.54, 1.807) is 29.2 Å². The Labute approximate surface area is 148 Å². The first kappa shape index (κ1) is 17.0. The quantitative estimate of drug-likeness (QED) is 0.892. The number of amides is 3.